The molecule has 0 unspecified atom stereocenters. The number of hydrogen-bond donors (Lipinski definition) is 1. The Hall–Kier alpha value is -2.34. The number of hydrogen-bond acceptors (Lipinski definition) is 5. The number of aryl methyl sites for hydroxylation is 1. The third-order valence-electron chi connectivity index (χ3n) is 4.28. The molecule has 0 saturated heterocycles. The van der Waals surface area contributed by atoms with Gasteiger partial charge in [-0.25, -0.2) is 4.79 Å². The number of nitrogens with two attached hydrogens (primary N) is 1. The van der Waals surface area contributed by atoms with E-state index < -0.39 is 12.0 Å². The van der Waals surface area contributed by atoms with Crippen LogP contribution >= 0.6 is 11.3 Å². The smallest absolute Gasteiger partial charge is 0.353 e. The van der Waals surface area contributed by atoms with Crippen molar-refractivity contribution >= 4 is 23.2 Å². The van der Waals surface area contributed by atoms with Gasteiger partial charge in [-0.15, -0.1) is 11.3 Å². The summed E-state index contributed by atoms with van der Waals surface area (Å²) >= 11 is 1.53. The molecule has 1 aliphatic rings. The Morgan fingerprint density at radius 3 is 2.60 bits per heavy atom. The first-order chi connectivity index (χ1) is 11.9. The van der Waals surface area contributed by atoms with Gasteiger partial charge in [-0.1, -0.05) is 6.92 Å². The van der Waals surface area contributed by atoms with Gasteiger partial charge in [0.25, 0.3) is 5.91 Å². The van der Waals surface area contributed by atoms with E-state index in [1.165, 1.54) is 28.2 Å². The van der Waals surface area contributed by atoms with Gasteiger partial charge in [0.2, 0.25) is 0 Å². The zero-order valence-corrected chi connectivity index (χ0v) is 15.1. The highest BCUT2D eigenvalue weighted by Gasteiger charge is 2.21. The number of esters is 1. The molecule has 1 amide bonds. The lowest BCUT2D eigenvalue weighted by Gasteiger charge is -2.16. The van der Waals surface area contributed by atoms with Crippen LogP contribution < -0.4 is 15.2 Å². The van der Waals surface area contributed by atoms with Crippen LogP contribution in [0.5, 0.6) is 11.5 Å². The minimum absolute atomic E-state index is 0.341. The molecule has 1 aromatic carbocycles. The third-order valence-corrected chi connectivity index (χ3v) is 5.50. The maximum atomic E-state index is 12.4. The first kappa shape index (κ1) is 17.5. The van der Waals surface area contributed by atoms with Gasteiger partial charge in [0.15, 0.2) is 6.10 Å². The monoisotopic (exact) mass is 359 g/mol. The zero-order valence-electron chi connectivity index (χ0n) is 14.3. The fraction of sp³-hybridized carbons (Fsp3) is 0.368. The third kappa shape index (κ3) is 4.20. The zero-order chi connectivity index (χ0) is 18.0. The molecule has 0 radical (unpaired) electrons. The van der Waals surface area contributed by atoms with E-state index in [1.54, 1.807) is 31.2 Å². The predicted octanol–water partition coefficient (Wildman–Crippen LogP) is 3.34. The Balaban J connectivity index is 1.64. The van der Waals surface area contributed by atoms with Crippen molar-refractivity contribution in [1.29, 1.82) is 0 Å². The second-order valence-corrected chi connectivity index (χ2v) is 7.57. The number of thiophene rings is 1. The Bertz CT molecular complexity index is 781. The van der Waals surface area contributed by atoms with Gasteiger partial charge in [-0.05, 0) is 68.0 Å². The molecule has 6 heteroatoms. The van der Waals surface area contributed by atoms with Gasteiger partial charge in [0, 0.05) is 4.88 Å². The normalized spacial score (nSPS) is 17.4. The highest BCUT2D eigenvalue weighted by atomic mass is 32.1. The molecular formula is C19H21NO4S. The minimum atomic E-state index is -0.715. The number of ether oxygens (including phenoxy) is 2. The van der Waals surface area contributed by atoms with E-state index in [-0.39, 0.29) is 5.97 Å². The number of rotatable bonds is 5. The highest BCUT2D eigenvalue weighted by Crippen LogP contribution is 2.32. The van der Waals surface area contributed by atoms with Crippen LogP contribution in [0, 0.1) is 5.92 Å². The predicted molar refractivity (Wildman–Crippen MR) is 96.2 cm³/mol. The van der Waals surface area contributed by atoms with Crippen molar-refractivity contribution in [2.24, 2.45) is 11.7 Å². The molecule has 1 heterocycles. The standard InChI is InChI=1S/C19H21NO4S/c1-11-3-8-16-13(9-11)10-17(25-16)19(22)24-15-6-4-14(5-7-15)23-12(2)18(20)21/h4-7,10-12H,3,8-9H2,1-2H3,(H2,20,21)/t11-,12+/m1/s1. The van der Waals surface area contributed by atoms with Crippen molar-refractivity contribution < 1.29 is 19.1 Å². The summed E-state index contributed by atoms with van der Waals surface area (Å²) in [4.78, 5) is 25.3. The lowest BCUT2D eigenvalue weighted by Crippen LogP contribution is -2.30. The van der Waals surface area contributed by atoms with Crippen LogP contribution in [0.4, 0.5) is 0 Å². The summed E-state index contributed by atoms with van der Waals surface area (Å²) in [6.07, 6.45) is 2.53. The Morgan fingerprint density at radius 1 is 1.24 bits per heavy atom. The maximum absolute atomic E-state index is 12.4. The molecule has 2 N–H and O–H groups in total. The van der Waals surface area contributed by atoms with Crippen molar-refractivity contribution in [1.82, 2.24) is 0 Å². The first-order valence-corrected chi connectivity index (χ1v) is 9.14. The topological polar surface area (TPSA) is 78.6 Å². The Labute approximate surface area is 150 Å². The highest BCUT2D eigenvalue weighted by molar-refractivity contribution is 7.14. The number of primary amides is 1. The second kappa shape index (κ2) is 7.27. The quantitative estimate of drug-likeness (QED) is 0.656. The molecule has 0 bridgehead atoms. The maximum Gasteiger partial charge on any atom is 0.353 e. The van der Waals surface area contributed by atoms with E-state index in [9.17, 15) is 9.59 Å². The molecule has 5 nitrogen and oxygen atoms in total. The van der Waals surface area contributed by atoms with Gasteiger partial charge in [-0.3, -0.25) is 4.79 Å². The molecule has 2 atom stereocenters. The van der Waals surface area contributed by atoms with Gasteiger partial charge in [-0.2, -0.15) is 0 Å². The molecule has 0 spiro atoms. The van der Waals surface area contributed by atoms with Crippen LogP contribution in [0.2, 0.25) is 0 Å². The molecule has 25 heavy (non-hydrogen) atoms. The van der Waals surface area contributed by atoms with E-state index >= 15 is 0 Å². The number of fused-ring (bicyclic) bond motifs is 1. The molecule has 2 aromatic rings. The van der Waals surface area contributed by atoms with Crippen LogP contribution in [0.3, 0.4) is 0 Å². The summed E-state index contributed by atoms with van der Waals surface area (Å²) < 4.78 is 10.8. The van der Waals surface area contributed by atoms with Crippen LogP contribution in [-0.2, 0) is 17.6 Å². The summed E-state index contributed by atoms with van der Waals surface area (Å²) in [5, 5.41) is 0. The second-order valence-electron chi connectivity index (χ2n) is 6.43. The fourth-order valence-electron chi connectivity index (χ4n) is 2.81. The van der Waals surface area contributed by atoms with E-state index in [2.05, 4.69) is 6.92 Å². The SMILES string of the molecule is C[C@@H]1CCc2sc(C(=O)Oc3ccc(O[C@@H](C)C(N)=O)cc3)cc2C1. The molecule has 132 valence electrons. The van der Waals surface area contributed by atoms with Crippen molar-refractivity contribution in [2.45, 2.75) is 39.2 Å². The van der Waals surface area contributed by atoms with Crippen LogP contribution in [0.25, 0.3) is 0 Å². The summed E-state index contributed by atoms with van der Waals surface area (Å²) in [7, 11) is 0. The van der Waals surface area contributed by atoms with E-state index in [0.29, 0.717) is 22.3 Å². The molecule has 0 aliphatic heterocycles. The summed E-state index contributed by atoms with van der Waals surface area (Å²) in [5.41, 5.74) is 6.44. The molecule has 0 saturated carbocycles. The first-order valence-electron chi connectivity index (χ1n) is 8.32. The van der Waals surface area contributed by atoms with Gasteiger partial charge in [0.05, 0.1) is 0 Å². The molecular weight excluding hydrogens is 338 g/mol. The van der Waals surface area contributed by atoms with Crippen molar-refractivity contribution in [3.05, 3.63) is 45.6 Å². The van der Waals surface area contributed by atoms with Gasteiger partial charge < -0.3 is 15.2 Å². The van der Waals surface area contributed by atoms with E-state index in [0.717, 1.165) is 12.8 Å². The fourth-order valence-corrected chi connectivity index (χ4v) is 3.90. The summed E-state index contributed by atoms with van der Waals surface area (Å²) in [6.45, 7) is 3.82. The molecule has 3 rings (SSSR count). The molecule has 1 aliphatic carbocycles. The van der Waals surface area contributed by atoms with Crippen molar-refractivity contribution in [3.8, 4) is 11.5 Å². The lowest BCUT2D eigenvalue weighted by atomic mass is 9.90. The lowest BCUT2D eigenvalue weighted by molar-refractivity contribution is -0.123. The van der Waals surface area contributed by atoms with E-state index in [4.69, 9.17) is 15.2 Å². The Morgan fingerprint density at radius 2 is 1.92 bits per heavy atom. The average molecular weight is 359 g/mol. The van der Waals surface area contributed by atoms with Crippen molar-refractivity contribution in [3.63, 3.8) is 0 Å². The number of benzene rings is 1. The summed E-state index contributed by atoms with van der Waals surface area (Å²) in [6, 6.07) is 8.52. The van der Waals surface area contributed by atoms with Crippen molar-refractivity contribution in [2.75, 3.05) is 0 Å². The summed E-state index contributed by atoms with van der Waals surface area (Å²) in [5.74, 6) is 0.717. The number of amides is 1. The molecule has 0 fully saturated rings. The number of carbonyl (C=O) groups is 2. The minimum Gasteiger partial charge on any atom is -0.481 e. The van der Waals surface area contributed by atoms with E-state index in [1.807, 2.05) is 6.07 Å². The molecule has 1 aromatic heterocycles. The van der Waals surface area contributed by atoms with Gasteiger partial charge >= 0.3 is 5.97 Å². The Kier molecular flexibility index (Phi) is 5.08. The van der Waals surface area contributed by atoms with Crippen LogP contribution in [0.1, 0.15) is 40.4 Å². The van der Waals surface area contributed by atoms with Gasteiger partial charge in [0.1, 0.15) is 16.4 Å². The average Bonchev–Trinajstić information content (AvgIpc) is 2.99. The number of carbonyl (C=O) groups excluding carboxylic acids is 2. The van der Waals surface area contributed by atoms with Crippen LogP contribution in [0.15, 0.2) is 30.3 Å². The largest absolute Gasteiger partial charge is 0.481 e. The van der Waals surface area contributed by atoms with Crippen LogP contribution in [-0.4, -0.2) is 18.0 Å².